The van der Waals surface area contributed by atoms with Crippen molar-refractivity contribution in [3.8, 4) is 0 Å². The Bertz CT molecular complexity index is 194. The molecule has 0 aromatic heterocycles. The molecule has 0 aliphatic rings. The van der Waals surface area contributed by atoms with E-state index in [-0.39, 0.29) is 0 Å². The van der Waals surface area contributed by atoms with Crippen molar-refractivity contribution in [2.24, 2.45) is 0 Å². The highest BCUT2D eigenvalue weighted by molar-refractivity contribution is 5.13. The van der Waals surface area contributed by atoms with Crippen LogP contribution in [0.2, 0.25) is 0 Å². The Kier molecular flexibility index (Phi) is 3.08. The first-order valence-corrected chi connectivity index (χ1v) is 3.46. The van der Waals surface area contributed by atoms with Crippen molar-refractivity contribution in [3.05, 3.63) is 42.8 Å². The van der Waals surface area contributed by atoms with Crippen molar-refractivity contribution in [3.63, 3.8) is 0 Å². The van der Waals surface area contributed by atoms with Crippen LogP contribution >= 0.6 is 0 Å². The first-order valence-electron chi connectivity index (χ1n) is 3.46. The highest BCUT2D eigenvalue weighted by Crippen LogP contribution is 2.01. The van der Waals surface area contributed by atoms with Gasteiger partial charge in [0.15, 0.2) is 6.29 Å². The first kappa shape index (κ1) is 8.24. The smallest absolute Gasteiger partial charge is 0.155 e. The molecule has 1 radical (unpaired) electrons. The summed E-state index contributed by atoms with van der Waals surface area (Å²) < 4.78 is 4.87. The predicted molar refractivity (Wildman–Crippen MR) is 42.6 cm³/mol. The summed E-state index contributed by atoms with van der Waals surface area (Å²) >= 11 is 0. The lowest BCUT2D eigenvalue weighted by Crippen LogP contribution is -2.05. The Hall–Kier alpha value is -0.860. The highest BCUT2D eigenvalue weighted by Gasteiger charge is 1.94. The minimum absolute atomic E-state index is 0.408. The maximum atomic E-state index is 8.68. The van der Waals surface area contributed by atoms with Crippen molar-refractivity contribution in [1.29, 1.82) is 0 Å². The lowest BCUT2D eigenvalue weighted by molar-refractivity contribution is -0.0754. The Morgan fingerprint density at radius 1 is 1.36 bits per heavy atom. The largest absolute Gasteiger partial charge is 0.368 e. The average Bonchev–Trinajstić information content (AvgIpc) is 2.03. The van der Waals surface area contributed by atoms with Gasteiger partial charge in [-0.15, -0.1) is 0 Å². The van der Waals surface area contributed by atoms with Crippen molar-refractivity contribution in [1.82, 2.24) is 0 Å². The van der Waals surface area contributed by atoms with Crippen molar-refractivity contribution in [2.75, 3.05) is 0 Å². The van der Waals surface area contributed by atoms with E-state index < -0.39 is 6.29 Å². The number of aliphatic hydroxyl groups excluding tert-OH is 1. The predicted octanol–water partition coefficient (Wildman–Crippen LogP) is 1.36. The Morgan fingerprint density at radius 2 is 2.00 bits per heavy atom. The van der Waals surface area contributed by atoms with Crippen LogP contribution in [-0.4, -0.2) is 11.4 Å². The standard InChI is InChI=1S/C9H11O2/c1-8(10)11-7-9-5-3-2-4-6-9/h2-6,8,10H,1,7H2. The van der Waals surface area contributed by atoms with Crippen LogP contribution in [0.1, 0.15) is 5.56 Å². The molecule has 0 bridgehead atoms. The van der Waals surface area contributed by atoms with E-state index in [1.807, 2.05) is 30.3 Å². The SMILES string of the molecule is [CH2]C(O)OCc1ccccc1. The third-order valence-electron chi connectivity index (χ3n) is 1.29. The molecule has 11 heavy (non-hydrogen) atoms. The maximum absolute atomic E-state index is 8.68. The van der Waals surface area contributed by atoms with E-state index in [4.69, 9.17) is 9.84 Å². The molecule has 0 fully saturated rings. The molecule has 0 amide bonds. The number of hydrogen-bond donors (Lipinski definition) is 1. The van der Waals surface area contributed by atoms with Crippen LogP contribution in [0.4, 0.5) is 0 Å². The monoisotopic (exact) mass is 151 g/mol. The summed E-state index contributed by atoms with van der Waals surface area (Å²) in [5.74, 6) is 0. The van der Waals surface area contributed by atoms with Gasteiger partial charge in [0, 0.05) is 6.92 Å². The zero-order valence-corrected chi connectivity index (χ0v) is 6.23. The highest BCUT2D eigenvalue weighted by atomic mass is 16.6. The average molecular weight is 151 g/mol. The van der Waals surface area contributed by atoms with E-state index in [9.17, 15) is 0 Å². The summed E-state index contributed by atoms with van der Waals surface area (Å²) in [6.07, 6.45) is -0.935. The molecule has 1 N–H and O–H groups in total. The second-order valence-corrected chi connectivity index (χ2v) is 2.25. The molecule has 0 saturated carbocycles. The van der Waals surface area contributed by atoms with Gasteiger partial charge in [-0.3, -0.25) is 0 Å². The third-order valence-corrected chi connectivity index (χ3v) is 1.29. The molecular weight excluding hydrogens is 140 g/mol. The van der Waals surface area contributed by atoms with Gasteiger partial charge in [0.2, 0.25) is 0 Å². The molecule has 1 aromatic rings. The molecule has 0 saturated heterocycles. The molecule has 1 unspecified atom stereocenters. The molecule has 59 valence electrons. The summed E-state index contributed by atoms with van der Waals surface area (Å²) in [6, 6.07) is 9.65. The van der Waals surface area contributed by atoms with Gasteiger partial charge in [-0.1, -0.05) is 30.3 Å². The van der Waals surface area contributed by atoms with Crippen LogP contribution in [0, 0.1) is 6.92 Å². The van der Waals surface area contributed by atoms with Gasteiger partial charge in [0.05, 0.1) is 6.61 Å². The second-order valence-electron chi connectivity index (χ2n) is 2.25. The Labute approximate surface area is 66.4 Å². The van der Waals surface area contributed by atoms with Gasteiger partial charge in [0.1, 0.15) is 0 Å². The van der Waals surface area contributed by atoms with Gasteiger partial charge in [-0.25, -0.2) is 0 Å². The number of hydrogen-bond acceptors (Lipinski definition) is 2. The lowest BCUT2D eigenvalue weighted by Gasteiger charge is -2.05. The van der Waals surface area contributed by atoms with E-state index in [1.54, 1.807) is 0 Å². The molecule has 0 spiro atoms. The summed E-state index contributed by atoms with van der Waals surface area (Å²) in [5.41, 5.74) is 1.04. The van der Waals surface area contributed by atoms with Crippen molar-refractivity contribution in [2.45, 2.75) is 12.9 Å². The molecule has 2 nitrogen and oxygen atoms in total. The fourth-order valence-corrected chi connectivity index (χ4v) is 0.767. The normalized spacial score (nSPS) is 12.9. The van der Waals surface area contributed by atoms with Crippen LogP contribution < -0.4 is 0 Å². The number of benzene rings is 1. The summed E-state index contributed by atoms with van der Waals surface area (Å²) in [4.78, 5) is 0. The summed E-state index contributed by atoms with van der Waals surface area (Å²) in [6.45, 7) is 3.70. The van der Waals surface area contributed by atoms with Crippen molar-refractivity contribution < 1.29 is 9.84 Å². The third kappa shape index (κ3) is 3.16. The second kappa shape index (κ2) is 4.11. The lowest BCUT2D eigenvalue weighted by atomic mass is 10.2. The summed E-state index contributed by atoms with van der Waals surface area (Å²) in [5, 5.41) is 8.68. The van der Waals surface area contributed by atoms with Gasteiger partial charge >= 0.3 is 0 Å². The molecule has 1 atom stereocenters. The summed E-state index contributed by atoms with van der Waals surface area (Å²) in [7, 11) is 0. The van der Waals surface area contributed by atoms with Crippen molar-refractivity contribution >= 4 is 0 Å². The topological polar surface area (TPSA) is 29.5 Å². The molecule has 0 aliphatic carbocycles. The zero-order valence-electron chi connectivity index (χ0n) is 6.23. The van der Waals surface area contributed by atoms with Crippen LogP contribution in [-0.2, 0) is 11.3 Å². The number of aliphatic hydroxyl groups is 1. The number of ether oxygens (including phenoxy) is 1. The molecule has 2 heteroatoms. The van der Waals surface area contributed by atoms with Crippen LogP contribution in [0.15, 0.2) is 30.3 Å². The Balaban J connectivity index is 2.39. The minimum atomic E-state index is -0.935. The fourth-order valence-electron chi connectivity index (χ4n) is 0.767. The van der Waals surface area contributed by atoms with E-state index in [1.165, 1.54) is 0 Å². The number of rotatable bonds is 3. The first-order chi connectivity index (χ1) is 5.29. The van der Waals surface area contributed by atoms with Gasteiger partial charge in [0.25, 0.3) is 0 Å². The Morgan fingerprint density at radius 3 is 2.55 bits per heavy atom. The fraction of sp³-hybridized carbons (Fsp3) is 0.222. The quantitative estimate of drug-likeness (QED) is 0.661. The van der Waals surface area contributed by atoms with Gasteiger partial charge < -0.3 is 9.84 Å². The van der Waals surface area contributed by atoms with E-state index in [0.29, 0.717) is 6.61 Å². The zero-order chi connectivity index (χ0) is 8.10. The molecular formula is C9H11O2. The molecule has 0 aliphatic heterocycles. The molecule has 1 rings (SSSR count). The van der Waals surface area contributed by atoms with E-state index in [0.717, 1.165) is 5.56 Å². The van der Waals surface area contributed by atoms with E-state index in [2.05, 4.69) is 6.92 Å². The van der Waals surface area contributed by atoms with Crippen LogP contribution in [0.3, 0.4) is 0 Å². The van der Waals surface area contributed by atoms with Crippen LogP contribution in [0.25, 0.3) is 0 Å². The van der Waals surface area contributed by atoms with Crippen LogP contribution in [0.5, 0.6) is 0 Å². The molecule has 0 heterocycles. The molecule has 1 aromatic carbocycles. The minimum Gasteiger partial charge on any atom is -0.368 e. The van der Waals surface area contributed by atoms with Gasteiger partial charge in [-0.2, -0.15) is 0 Å². The van der Waals surface area contributed by atoms with E-state index >= 15 is 0 Å². The van der Waals surface area contributed by atoms with Gasteiger partial charge in [-0.05, 0) is 5.56 Å². The maximum Gasteiger partial charge on any atom is 0.155 e.